The molecule has 0 amide bonds. The Morgan fingerprint density at radius 3 is 2.59 bits per heavy atom. The van der Waals surface area contributed by atoms with E-state index in [0.29, 0.717) is 17.1 Å². The van der Waals surface area contributed by atoms with Gasteiger partial charge in [0.2, 0.25) is 0 Å². The number of nitriles is 1. The highest BCUT2D eigenvalue weighted by Gasteiger charge is 2.12. The van der Waals surface area contributed by atoms with Gasteiger partial charge < -0.3 is 14.2 Å². The highest BCUT2D eigenvalue weighted by Crippen LogP contribution is 2.29. The van der Waals surface area contributed by atoms with Crippen LogP contribution in [0.1, 0.15) is 17.3 Å². The van der Waals surface area contributed by atoms with Gasteiger partial charge in [-0.3, -0.25) is 0 Å². The van der Waals surface area contributed by atoms with E-state index in [2.05, 4.69) is 4.74 Å². The van der Waals surface area contributed by atoms with Crippen LogP contribution in [0, 0.1) is 11.3 Å². The van der Waals surface area contributed by atoms with Crippen LogP contribution in [-0.4, -0.2) is 26.3 Å². The standard InChI is InChI=1S/C12H13NO4/c1-8(7-13)17-10-5-4-9(12(14)16-3)6-11(10)15-2/h4-6,8H,1-3H3/t8-/m1/s1. The quantitative estimate of drug-likeness (QED) is 0.744. The average Bonchev–Trinajstić information content (AvgIpc) is 2.37. The molecule has 0 aliphatic carbocycles. The van der Waals surface area contributed by atoms with Crippen LogP contribution in [0.2, 0.25) is 0 Å². The van der Waals surface area contributed by atoms with Gasteiger partial charge in [-0.15, -0.1) is 0 Å². The van der Waals surface area contributed by atoms with Crippen LogP contribution in [0.5, 0.6) is 11.5 Å². The smallest absolute Gasteiger partial charge is 0.337 e. The van der Waals surface area contributed by atoms with Crippen LogP contribution >= 0.6 is 0 Å². The number of nitrogens with zero attached hydrogens (tertiary/aromatic N) is 1. The minimum absolute atomic E-state index is 0.362. The van der Waals surface area contributed by atoms with Crippen molar-refractivity contribution in [3.05, 3.63) is 23.8 Å². The van der Waals surface area contributed by atoms with E-state index in [4.69, 9.17) is 14.7 Å². The molecule has 5 nitrogen and oxygen atoms in total. The molecular weight excluding hydrogens is 222 g/mol. The van der Waals surface area contributed by atoms with Crippen LogP contribution in [0.4, 0.5) is 0 Å². The molecular formula is C12H13NO4. The fourth-order valence-corrected chi connectivity index (χ4v) is 1.23. The first kappa shape index (κ1) is 12.8. The summed E-state index contributed by atoms with van der Waals surface area (Å²) < 4.78 is 15.0. The van der Waals surface area contributed by atoms with Crippen molar-refractivity contribution in [2.45, 2.75) is 13.0 Å². The number of carbonyl (C=O) groups is 1. The summed E-state index contributed by atoms with van der Waals surface area (Å²) in [6.07, 6.45) is -0.590. The van der Waals surface area contributed by atoms with Gasteiger partial charge in [0, 0.05) is 0 Å². The highest BCUT2D eigenvalue weighted by molar-refractivity contribution is 5.90. The van der Waals surface area contributed by atoms with Crippen molar-refractivity contribution in [3.63, 3.8) is 0 Å². The molecule has 5 heteroatoms. The summed E-state index contributed by atoms with van der Waals surface area (Å²) in [5.41, 5.74) is 0.362. The molecule has 0 saturated heterocycles. The molecule has 0 spiro atoms. The van der Waals surface area contributed by atoms with Gasteiger partial charge in [0.05, 0.1) is 19.8 Å². The summed E-state index contributed by atoms with van der Waals surface area (Å²) in [4.78, 5) is 11.3. The number of hydrogen-bond donors (Lipinski definition) is 0. The van der Waals surface area contributed by atoms with E-state index in [1.54, 1.807) is 19.1 Å². The first-order chi connectivity index (χ1) is 8.12. The van der Waals surface area contributed by atoms with Crippen LogP contribution in [0.3, 0.4) is 0 Å². The molecule has 90 valence electrons. The average molecular weight is 235 g/mol. The summed E-state index contributed by atoms with van der Waals surface area (Å²) in [6.45, 7) is 1.62. The molecule has 0 unspecified atom stereocenters. The van der Waals surface area contributed by atoms with Crippen LogP contribution in [-0.2, 0) is 4.74 Å². The summed E-state index contributed by atoms with van der Waals surface area (Å²) in [5, 5.41) is 8.65. The minimum atomic E-state index is -0.590. The van der Waals surface area contributed by atoms with Crippen molar-refractivity contribution in [1.82, 2.24) is 0 Å². The maximum atomic E-state index is 11.3. The number of ether oxygens (including phenoxy) is 3. The van der Waals surface area contributed by atoms with Crippen molar-refractivity contribution >= 4 is 5.97 Å². The maximum Gasteiger partial charge on any atom is 0.337 e. The molecule has 1 rings (SSSR count). The van der Waals surface area contributed by atoms with E-state index >= 15 is 0 Å². The third kappa shape index (κ3) is 3.11. The van der Waals surface area contributed by atoms with Gasteiger partial charge in [0.1, 0.15) is 6.07 Å². The van der Waals surface area contributed by atoms with Crippen molar-refractivity contribution in [3.8, 4) is 17.6 Å². The Labute approximate surface area is 99.5 Å². The third-order valence-electron chi connectivity index (χ3n) is 2.07. The van der Waals surface area contributed by atoms with Crippen molar-refractivity contribution in [2.75, 3.05) is 14.2 Å². The largest absolute Gasteiger partial charge is 0.493 e. The lowest BCUT2D eigenvalue weighted by atomic mass is 10.2. The molecule has 0 N–H and O–H groups in total. The minimum Gasteiger partial charge on any atom is -0.493 e. The first-order valence-corrected chi connectivity index (χ1v) is 4.95. The predicted molar refractivity (Wildman–Crippen MR) is 60.0 cm³/mol. The topological polar surface area (TPSA) is 68.5 Å². The summed E-state index contributed by atoms with van der Waals surface area (Å²) >= 11 is 0. The lowest BCUT2D eigenvalue weighted by Crippen LogP contribution is -2.09. The maximum absolute atomic E-state index is 11.3. The van der Waals surface area contributed by atoms with E-state index in [0.717, 1.165) is 0 Å². The van der Waals surface area contributed by atoms with E-state index < -0.39 is 12.1 Å². The fourth-order valence-electron chi connectivity index (χ4n) is 1.23. The molecule has 0 fully saturated rings. The zero-order valence-corrected chi connectivity index (χ0v) is 9.89. The van der Waals surface area contributed by atoms with Crippen molar-refractivity contribution in [2.24, 2.45) is 0 Å². The zero-order valence-electron chi connectivity index (χ0n) is 9.89. The van der Waals surface area contributed by atoms with Gasteiger partial charge in [0.15, 0.2) is 17.6 Å². The molecule has 1 aromatic rings. The van der Waals surface area contributed by atoms with Gasteiger partial charge in [-0.2, -0.15) is 5.26 Å². The molecule has 0 bridgehead atoms. The van der Waals surface area contributed by atoms with E-state index in [9.17, 15) is 4.79 Å². The van der Waals surface area contributed by atoms with Gasteiger partial charge in [-0.05, 0) is 25.1 Å². The number of benzene rings is 1. The van der Waals surface area contributed by atoms with Crippen LogP contribution in [0.25, 0.3) is 0 Å². The molecule has 17 heavy (non-hydrogen) atoms. The molecule has 1 atom stereocenters. The van der Waals surface area contributed by atoms with Gasteiger partial charge in [-0.1, -0.05) is 0 Å². The Balaban J connectivity index is 3.02. The predicted octanol–water partition coefficient (Wildman–Crippen LogP) is 1.77. The zero-order chi connectivity index (χ0) is 12.8. The second-order valence-electron chi connectivity index (χ2n) is 3.25. The van der Waals surface area contributed by atoms with Crippen LogP contribution < -0.4 is 9.47 Å². The number of carbonyl (C=O) groups excluding carboxylic acids is 1. The molecule has 0 saturated carbocycles. The Kier molecular flexibility index (Phi) is 4.35. The van der Waals surface area contributed by atoms with Crippen molar-refractivity contribution in [1.29, 1.82) is 5.26 Å². The lowest BCUT2D eigenvalue weighted by molar-refractivity contribution is 0.0600. The fraction of sp³-hybridized carbons (Fsp3) is 0.333. The monoisotopic (exact) mass is 235 g/mol. The molecule has 0 aromatic heterocycles. The van der Waals surface area contributed by atoms with Gasteiger partial charge in [0.25, 0.3) is 0 Å². The number of esters is 1. The molecule has 0 aliphatic rings. The number of methoxy groups -OCH3 is 2. The Hall–Kier alpha value is -2.22. The lowest BCUT2D eigenvalue weighted by Gasteiger charge is -2.12. The van der Waals surface area contributed by atoms with Gasteiger partial charge >= 0.3 is 5.97 Å². The van der Waals surface area contributed by atoms with Gasteiger partial charge in [-0.25, -0.2) is 4.79 Å². The third-order valence-corrected chi connectivity index (χ3v) is 2.07. The van der Waals surface area contributed by atoms with E-state index in [-0.39, 0.29) is 0 Å². The molecule has 0 aliphatic heterocycles. The Bertz CT molecular complexity index is 450. The number of rotatable bonds is 4. The molecule has 0 radical (unpaired) electrons. The summed E-state index contributed by atoms with van der Waals surface area (Å²) in [5.74, 6) is 0.340. The Morgan fingerprint density at radius 2 is 2.06 bits per heavy atom. The van der Waals surface area contributed by atoms with Crippen molar-refractivity contribution < 1.29 is 19.0 Å². The summed E-state index contributed by atoms with van der Waals surface area (Å²) in [6, 6.07) is 6.57. The normalized spacial score (nSPS) is 11.2. The second-order valence-corrected chi connectivity index (χ2v) is 3.25. The SMILES string of the molecule is COC(=O)c1ccc(O[C@H](C)C#N)c(OC)c1. The second kappa shape index (κ2) is 5.75. The molecule has 0 heterocycles. The van der Waals surface area contributed by atoms with E-state index in [1.807, 2.05) is 6.07 Å². The molecule has 1 aromatic carbocycles. The first-order valence-electron chi connectivity index (χ1n) is 4.95. The number of hydrogen-bond acceptors (Lipinski definition) is 5. The van der Waals surface area contributed by atoms with E-state index in [1.165, 1.54) is 20.3 Å². The highest BCUT2D eigenvalue weighted by atomic mass is 16.5. The summed E-state index contributed by atoms with van der Waals surface area (Å²) in [7, 11) is 2.76. The van der Waals surface area contributed by atoms with Crippen LogP contribution in [0.15, 0.2) is 18.2 Å². The Morgan fingerprint density at radius 1 is 1.35 bits per heavy atom.